The summed E-state index contributed by atoms with van der Waals surface area (Å²) in [5, 5.41) is 3.98. The van der Waals surface area contributed by atoms with Crippen molar-refractivity contribution in [2.24, 2.45) is 5.73 Å². The molecule has 0 aliphatic heterocycles. The first kappa shape index (κ1) is 13.1. The number of nitrogens with one attached hydrogen (secondary N) is 1. The number of primary amides is 1. The van der Waals surface area contributed by atoms with Gasteiger partial charge in [-0.3, -0.25) is 0 Å². The molecule has 1 aromatic carbocycles. The predicted molar refractivity (Wildman–Crippen MR) is 73.4 cm³/mol. The van der Waals surface area contributed by atoms with Crippen LogP contribution in [-0.4, -0.2) is 32.4 Å². The third-order valence-corrected chi connectivity index (χ3v) is 2.89. The summed E-state index contributed by atoms with van der Waals surface area (Å²) in [4.78, 5) is 18.3. The second kappa shape index (κ2) is 4.89. The minimum absolute atomic E-state index is 0.144. The Labute approximate surface area is 118 Å². The number of nitrogens with two attached hydrogens (primary N) is 1. The zero-order valence-corrected chi connectivity index (χ0v) is 11.1. The zero-order chi connectivity index (χ0) is 15.0. The number of aromatic amines is 1. The molecule has 0 unspecified atom stereocenters. The normalized spacial score (nSPS) is 11.0. The molecule has 7 nitrogen and oxygen atoms in total. The lowest BCUT2D eigenvalue weighted by Gasteiger charge is -2.03. The number of carbonyl (C=O) groups is 1. The monoisotopic (exact) mass is 289 g/mol. The van der Waals surface area contributed by atoms with E-state index in [2.05, 4.69) is 15.1 Å². The van der Waals surface area contributed by atoms with E-state index < -0.39 is 11.8 Å². The second-order valence-electron chi connectivity index (χ2n) is 4.30. The largest absolute Gasteiger partial charge is 0.491 e. The topological polar surface area (TPSA) is 98.8 Å². The van der Waals surface area contributed by atoms with Crippen molar-refractivity contribution in [2.75, 3.05) is 6.61 Å². The van der Waals surface area contributed by atoms with Gasteiger partial charge in [-0.15, -0.1) is 0 Å². The van der Waals surface area contributed by atoms with Crippen LogP contribution in [0.5, 0.6) is 5.75 Å². The van der Waals surface area contributed by atoms with Gasteiger partial charge in [0.25, 0.3) is 0 Å². The highest BCUT2D eigenvalue weighted by molar-refractivity contribution is 5.81. The molecule has 3 aromatic rings. The van der Waals surface area contributed by atoms with Crippen molar-refractivity contribution in [3.8, 4) is 17.3 Å². The minimum atomic E-state index is -0.693. The summed E-state index contributed by atoms with van der Waals surface area (Å²) in [7, 11) is 0. The molecule has 8 heteroatoms. The van der Waals surface area contributed by atoms with Crippen LogP contribution in [0, 0.1) is 5.82 Å². The lowest BCUT2D eigenvalue weighted by atomic mass is 10.3. The Kier molecular flexibility index (Phi) is 3.05. The number of hydrogen-bond donors (Lipinski definition) is 2. The Hall–Kier alpha value is -2.90. The predicted octanol–water partition coefficient (Wildman–Crippen LogP) is 1.89. The number of carbonyl (C=O) groups excluding carboxylic acids is 1. The number of ether oxygens (including phenoxy) is 1. The molecular weight excluding hydrogens is 277 g/mol. The molecule has 108 valence electrons. The van der Waals surface area contributed by atoms with Crippen molar-refractivity contribution >= 4 is 17.1 Å². The molecule has 0 aliphatic rings. The van der Waals surface area contributed by atoms with Crippen molar-refractivity contribution in [3.05, 3.63) is 30.2 Å². The highest BCUT2D eigenvalue weighted by Gasteiger charge is 2.13. The first-order valence-electron chi connectivity index (χ1n) is 6.26. The van der Waals surface area contributed by atoms with Gasteiger partial charge < -0.3 is 15.5 Å². The Bertz CT molecular complexity index is 823. The van der Waals surface area contributed by atoms with Crippen molar-refractivity contribution in [2.45, 2.75) is 6.92 Å². The molecule has 0 atom stereocenters. The smallest absolute Gasteiger partial charge is 0.339 e. The minimum Gasteiger partial charge on any atom is -0.491 e. The Balaban J connectivity index is 2.05. The van der Waals surface area contributed by atoms with Crippen LogP contribution in [0.1, 0.15) is 6.92 Å². The number of aromatic nitrogens is 4. The molecule has 0 saturated heterocycles. The van der Waals surface area contributed by atoms with E-state index in [0.29, 0.717) is 29.2 Å². The fraction of sp³-hybridized carbons (Fsp3) is 0.154. The first-order valence-corrected chi connectivity index (χ1v) is 6.26. The number of imidazole rings is 1. The van der Waals surface area contributed by atoms with Gasteiger partial charge in [0.2, 0.25) is 0 Å². The summed E-state index contributed by atoms with van der Waals surface area (Å²) in [6.07, 6.45) is 1.43. The van der Waals surface area contributed by atoms with Crippen LogP contribution in [0.25, 0.3) is 22.6 Å². The molecule has 0 spiro atoms. The van der Waals surface area contributed by atoms with E-state index in [4.69, 9.17) is 10.5 Å². The van der Waals surface area contributed by atoms with E-state index in [-0.39, 0.29) is 5.75 Å². The van der Waals surface area contributed by atoms with Gasteiger partial charge >= 0.3 is 6.03 Å². The summed E-state index contributed by atoms with van der Waals surface area (Å²) in [5.74, 6) is 0.0889. The quantitative estimate of drug-likeness (QED) is 0.769. The maximum Gasteiger partial charge on any atom is 0.339 e. The standard InChI is InChI=1S/C13H12FN5O2/c1-2-21-11-6-10-9(5-7(11)14)16-12(17-10)8-3-4-19(18-8)13(15)20/h3-6H,2H2,1H3,(H2,15,20)(H,16,17). The van der Waals surface area contributed by atoms with Crippen LogP contribution in [0.2, 0.25) is 0 Å². The molecule has 0 bridgehead atoms. The molecule has 2 aromatic heterocycles. The molecular formula is C13H12FN5O2. The number of rotatable bonds is 3. The van der Waals surface area contributed by atoms with Gasteiger partial charge in [0.15, 0.2) is 17.4 Å². The first-order chi connectivity index (χ1) is 10.1. The third kappa shape index (κ3) is 2.31. The van der Waals surface area contributed by atoms with Crippen molar-refractivity contribution in [1.29, 1.82) is 0 Å². The Morgan fingerprint density at radius 1 is 1.52 bits per heavy atom. The summed E-state index contributed by atoms with van der Waals surface area (Å²) < 4.78 is 20.0. The van der Waals surface area contributed by atoms with E-state index in [0.717, 1.165) is 4.68 Å². The number of benzene rings is 1. The van der Waals surface area contributed by atoms with Gasteiger partial charge in [-0.25, -0.2) is 14.2 Å². The Morgan fingerprint density at radius 3 is 3.00 bits per heavy atom. The molecule has 0 fully saturated rings. The van der Waals surface area contributed by atoms with Gasteiger partial charge in [-0.05, 0) is 13.0 Å². The van der Waals surface area contributed by atoms with E-state index in [1.165, 1.54) is 18.3 Å². The van der Waals surface area contributed by atoms with E-state index in [1.54, 1.807) is 13.0 Å². The van der Waals surface area contributed by atoms with Crippen LogP contribution in [-0.2, 0) is 0 Å². The lowest BCUT2D eigenvalue weighted by molar-refractivity contribution is 0.248. The average Bonchev–Trinajstić information content (AvgIpc) is 3.05. The van der Waals surface area contributed by atoms with E-state index in [9.17, 15) is 9.18 Å². The van der Waals surface area contributed by atoms with Crippen LogP contribution in [0.3, 0.4) is 0 Å². The fourth-order valence-corrected chi connectivity index (χ4v) is 1.97. The lowest BCUT2D eigenvalue weighted by Crippen LogP contribution is -2.19. The van der Waals surface area contributed by atoms with Crippen LogP contribution in [0.15, 0.2) is 24.4 Å². The number of amides is 1. The molecule has 1 amide bonds. The molecule has 0 aliphatic carbocycles. The second-order valence-corrected chi connectivity index (χ2v) is 4.30. The number of hydrogen-bond acceptors (Lipinski definition) is 4. The molecule has 3 N–H and O–H groups in total. The number of nitrogens with zero attached hydrogens (tertiary/aromatic N) is 3. The average molecular weight is 289 g/mol. The van der Waals surface area contributed by atoms with E-state index in [1.807, 2.05) is 0 Å². The van der Waals surface area contributed by atoms with Gasteiger partial charge in [0, 0.05) is 18.3 Å². The number of halogens is 1. The molecule has 21 heavy (non-hydrogen) atoms. The van der Waals surface area contributed by atoms with Gasteiger partial charge in [-0.2, -0.15) is 9.78 Å². The third-order valence-electron chi connectivity index (χ3n) is 2.89. The fourth-order valence-electron chi connectivity index (χ4n) is 1.97. The molecule has 0 saturated carbocycles. The maximum absolute atomic E-state index is 13.8. The highest BCUT2D eigenvalue weighted by Crippen LogP contribution is 2.25. The van der Waals surface area contributed by atoms with Crippen LogP contribution in [0.4, 0.5) is 9.18 Å². The zero-order valence-electron chi connectivity index (χ0n) is 11.1. The Morgan fingerprint density at radius 2 is 2.33 bits per heavy atom. The van der Waals surface area contributed by atoms with Crippen LogP contribution < -0.4 is 10.5 Å². The molecule has 2 heterocycles. The van der Waals surface area contributed by atoms with Gasteiger partial charge in [-0.1, -0.05) is 0 Å². The van der Waals surface area contributed by atoms with Crippen molar-refractivity contribution in [1.82, 2.24) is 19.7 Å². The van der Waals surface area contributed by atoms with Crippen molar-refractivity contribution in [3.63, 3.8) is 0 Å². The van der Waals surface area contributed by atoms with Gasteiger partial charge in [0.05, 0.1) is 17.6 Å². The maximum atomic E-state index is 13.8. The van der Waals surface area contributed by atoms with Crippen molar-refractivity contribution < 1.29 is 13.9 Å². The molecule has 0 radical (unpaired) electrons. The van der Waals surface area contributed by atoms with Crippen LogP contribution >= 0.6 is 0 Å². The SMILES string of the molecule is CCOc1cc2nc(-c3ccn(C(N)=O)n3)[nH]c2cc1F. The summed E-state index contributed by atoms with van der Waals surface area (Å²) in [6, 6.07) is 3.71. The number of H-pyrrole nitrogens is 1. The number of fused-ring (bicyclic) bond motifs is 1. The summed E-state index contributed by atoms with van der Waals surface area (Å²) in [5.41, 5.74) is 6.61. The van der Waals surface area contributed by atoms with Gasteiger partial charge in [0.1, 0.15) is 5.69 Å². The highest BCUT2D eigenvalue weighted by atomic mass is 19.1. The summed E-state index contributed by atoms with van der Waals surface area (Å²) in [6.45, 7) is 2.14. The van der Waals surface area contributed by atoms with E-state index >= 15 is 0 Å². The molecule has 3 rings (SSSR count). The summed E-state index contributed by atoms with van der Waals surface area (Å²) >= 11 is 0.